The van der Waals surface area contributed by atoms with Gasteiger partial charge in [0.05, 0.1) is 0 Å². The average molecular weight is 382 g/mol. The summed E-state index contributed by atoms with van der Waals surface area (Å²) in [6.07, 6.45) is 19.8. The van der Waals surface area contributed by atoms with Gasteiger partial charge in [-0.1, -0.05) is 38.2 Å². The summed E-state index contributed by atoms with van der Waals surface area (Å²) in [5.41, 5.74) is 0.265. The molecule has 1 N–H and O–H groups in total. The summed E-state index contributed by atoms with van der Waals surface area (Å²) >= 11 is 0. The Hall–Kier alpha value is -0.210. The zero-order valence-electron chi connectivity index (χ0n) is 10.1. The molecule has 0 heterocycles. The van der Waals surface area contributed by atoms with Gasteiger partial charge in [-0.3, -0.25) is 0 Å². The molecular weight excluding hydrogens is 363 g/mol. The van der Waals surface area contributed by atoms with Gasteiger partial charge >= 0.3 is 0 Å². The van der Waals surface area contributed by atoms with Crippen molar-refractivity contribution in [1.82, 2.24) is 0 Å². The van der Waals surface area contributed by atoms with Gasteiger partial charge in [0, 0.05) is 33.0 Å². The third-order valence-electron chi connectivity index (χ3n) is 2.67. The molecule has 2 heteroatoms. The van der Waals surface area contributed by atoms with E-state index >= 15 is 0 Å². The molecule has 0 spiro atoms. The SMILES string of the molecule is CC1([CH-]C2(C)C=CC=C2)C=CC=C1.CO.[Hf]. The molecule has 0 aliphatic heterocycles. The molecule has 1 nitrogen and oxygen atoms in total. The van der Waals surface area contributed by atoms with Crippen molar-refractivity contribution in [3.63, 3.8) is 0 Å². The summed E-state index contributed by atoms with van der Waals surface area (Å²) in [5.74, 6) is 0. The topological polar surface area (TPSA) is 20.2 Å². The number of rotatable bonds is 2. The maximum Gasteiger partial charge on any atom is 0.0319 e. The third-order valence-corrected chi connectivity index (χ3v) is 2.67. The molecule has 0 fully saturated rings. The second kappa shape index (κ2) is 6.51. The van der Waals surface area contributed by atoms with Crippen LogP contribution in [0.15, 0.2) is 48.6 Å². The molecule has 86 valence electrons. The molecule has 2 aliphatic rings. The van der Waals surface area contributed by atoms with Crippen LogP contribution in [0.1, 0.15) is 13.8 Å². The molecule has 0 saturated heterocycles. The molecule has 0 aromatic rings. The number of hydrogen-bond donors (Lipinski definition) is 1. The Balaban J connectivity index is 0.000000711. The fourth-order valence-electron chi connectivity index (χ4n) is 2.03. The van der Waals surface area contributed by atoms with Gasteiger partial charge < -0.3 is 11.5 Å². The van der Waals surface area contributed by atoms with E-state index in [0.717, 1.165) is 7.11 Å². The molecule has 0 radical (unpaired) electrons. The van der Waals surface area contributed by atoms with E-state index < -0.39 is 0 Å². The summed E-state index contributed by atoms with van der Waals surface area (Å²) in [6, 6.07) is 0. The number of hydrogen-bond acceptors (Lipinski definition) is 1. The quantitative estimate of drug-likeness (QED) is 0.576. The van der Waals surface area contributed by atoms with E-state index in [1.807, 2.05) is 0 Å². The van der Waals surface area contributed by atoms with Gasteiger partial charge in [0.25, 0.3) is 0 Å². The van der Waals surface area contributed by atoms with Crippen LogP contribution >= 0.6 is 0 Å². The smallest absolute Gasteiger partial charge is 0.0319 e. The van der Waals surface area contributed by atoms with Crippen molar-refractivity contribution in [1.29, 1.82) is 0 Å². The van der Waals surface area contributed by atoms with Gasteiger partial charge in [-0.15, -0.1) is 35.1 Å². The van der Waals surface area contributed by atoms with Crippen LogP contribution in [-0.2, 0) is 25.8 Å². The van der Waals surface area contributed by atoms with Gasteiger partial charge in [0.1, 0.15) is 0 Å². The second-order valence-corrected chi connectivity index (χ2v) is 4.31. The zero-order chi connectivity index (χ0) is 11.4. The van der Waals surface area contributed by atoms with Crippen LogP contribution in [0.25, 0.3) is 0 Å². The Bertz CT molecular complexity index is 268. The Kier molecular flexibility index (Phi) is 6.42. The standard InChI is InChI=1S/C13H15.CH4O.Hf/c1-12(7-3-4-8-12)11-13(2)9-5-6-10-13;1-2;/h3-11H,1-2H3;2H,1H3;/q-1;;. The van der Waals surface area contributed by atoms with Gasteiger partial charge in [0.15, 0.2) is 0 Å². The maximum absolute atomic E-state index is 7.00. The first kappa shape index (κ1) is 15.8. The molecule has 0 atom stereocenters. The monoisotopic (exact) mass is 383 g/mol. The first-order chi connectivity index (χ1) is 7.12. The minimum absolute atomic E-state index is 0. The summed E-state index contributed by atoms with van der Waals surface area (Å²) in [4.78, 5) is 0. The molecule has 0 amide bonds. The molecule has 0 aromatic heterocycles. The van der Waals surface area contributed by atoms with Crippen molar-refractivity contribution >= 4 is 0 Å². The second-order valence-electron chi connectivity index (χ2n) is 4.31. The van der Waals surface area contributed by atoms with E-state index in [1.54, 1.807) is 0 Å². The Morgan fingerprint density at radius 1 is 0.750 bits per heavy atom. The minimum Gasteiger partial charge on any atom is -0.400 e. The third kappa shape index (κ3) is 3.99. The van der Waals surface area contributed by atoms with E-state index in [-0.39, 0.29) is 36.7 Å². The summed E-state index contributed by atoms with van der Waals surface area (Å²) in [6.45, 7) is 4.47. The Labute approximate surface area is 117 Å². The minimum atomic E-state index is 0. The Morgan fingerprint density at radius 2 is 1.00 bits per heavy atom. The van der Waals surface area contributed by atoms with Gasteiger partial charge in [-0.05, 0) is 0 Å². The van der Waals surface area contributed by atoms with E-state index in [0.29, 0.717) is 0 Å². The van der Waals surface area contributed by atoms with Gasteiger partial charge in [0.2, 0.25) is 0 Å². The van der Waals surface area contributed by atoms with E-state index in [4.69, 9.17) is 5.11 Å². The molecule has 0 aromatic carbocycles. The van der Waals surface area contributed by atoms with E-state index in [2.05, 4.69) is 68.9 Å². The van der Waals surface area contributed by atoms with Gasteiger partial charge in [-0.25, -0.2) is 0 Å². The fraction of sp³-hybridized carbons (Fsp3) is 0.357. The zero-order valence-corrected chi connectivity index (χ0v) is 13.7. The van der Waals surface area contributed by atoms with Crippen molar-refractivity contribution in [3.05, 3.63) is 55.0 Å². The summed E-state index contributed by atoms with van der Waals surface area (Å²) in [5, 5.41) is 7.00. The van der Waals surface area contributed by atoms with Crippen molar-refractivity contribution in [2.45, 2.75) is 13.8 Å². The largest absolute Gasteiger partial charge is 0.400 e. The van der Waals surface area contributed by atoms with Crippen molar-refractivity contribution in [2.75, 3.05) is 7.11 Å². The summed E-state index contributed by atoms with van der Waals surface area (Å²) in [7, 11) is 1.00. The predicted molar refractivity (Wildman–Crippen MR) is 65.2 cm³/mol. The molecule has 2 aliphatic carbocycles. The molecule has 16 heavy (non-hydrogen) atoms. The number of aliphatic hydroxyl groups excluding tert-OH is 1. The molecule has 0 saturated carbocycles. The fourth-order valence-corrected chi connectivity index (χ4v) is 2.03. The summed E-state index contributed by atoms with van der Waals surface area (Å²) < 4.78 is 0. The van der Waals surface area contributed by atoms with Crippen LogP contribution in [0.3, 0.4) is 0 Å². The van der Waals surface area contributed by atoms with E-state index in [9.17, 15) is 0 Å². The first-order valence-electron chi connectivity index (χ1n) is 5.18. The first-order valence-corrected chi connectivity index (χ1v) is 5.18. The maximum atomic E-state index is 7.00. The average Bonchev–Trinajstić information content (AvgIpc) is 2.79. The molecule has 2 rings (SSSR count). The van der Waals surface area contributed by atoms with Crippen LogP contribution in [-0.4, -0.2) is 12.2 Å². The number of aliphatic hydroxyl groups is 1. The Morgan fingerprint density at radius 3 is 1.25 bits per heavy atom. The van der Waals surface area contributed by atoms with Crippen LogP contribution in [0, 0.1) is 17.3 Å². The predicted octanol–water partition coefficient (Wildman–Crippen LogP) is 3.06. The molecular formula is C14H19HfO-. The van der Waals surface area contributed by atoms with Crippen LogP contribution in [0.2, 0.25) is 0 Å². The number of allylic oxidation sites excluding steroid dienone is 8. The van der Waals surface area contributed by atoms with Crippen molar-refractivity contribution in [2.24, 2.45) is 10.8 Å². The van der Waals surface area contributed by atoms with Gasteiger partial charge in [-0.2, -0.15) is 0 Å². The van der Waals surface area contributed by atoms with Crippen molar-refractivity contribution < 1.29 is 30.9 Å². The molecule has 0 bridgehead atoms. The van der Waals surface area contributed by atoms with Crippen molar-refractivity contribution in [3.8, 4) is 0 Å². The van der Waals surface area contributed by atoms with E-state index in [1.165, 1.54) is 0 Å². The molecule has 0 unspecified atom stereocenters. The van der Waals surface area contributed by atoms with Crippen LogP contribution in [0.5, 0.6) is 0 Å². The van der Waals surface area contributed by atoms with Crippen LogP contribution in [0.4, 0.5) is 0 Å². The van der Waals surface area contributed by atoms with Crippen LogP contribution < -0.4 is 0 Å². The normalized spacial score (nSPS) is 21.5.